The Morgan fingerprint density at radius 1 is 1.26 bits per heavy atom. The zero-order valence-electron chi connectivity index (χ0n) is 11.2. The predicted molar refractivity (Wildman–Crippen MR) is 81.0 cm³/mol. The van der Waals surface area contributed by atoms with E-state index in [9.17, 15) is 4.79 Å². The van der Waals surface area contributed by atoms with Crippen molar-refractivity contribution in [2.45, 2.75) is 20.3 Å². The maximum atomic E-state index is 11.8. The minimum absolute atomic E-state index is 0.150. The fourth-order valence-electron chi connectivity index (χ4n) is 1.87. The topological polar surface area (TPSA) is 41.1 Å². The zero-order chi connectivity index (χ0) is 13.7. The van der Waals surface area contributed by atoms with Crippen molar-refractivity contribution in [3.63, 3.8) is 0 Å². The molecule has 1 heterocycles. The monoisotopic (exact) mass is 274 g/mol. The Morgan fingerprint density at radius 2 is 2.11 bits per heavy atom. The van der Waals surface area contributed by atoms with E-state index in [4.69, 9.17) is 0 Å². The maximum absolute atomic E-state index is 11.8. The third-order valence-electron chi connectivity index (χ3n) is 2.87. The summed E-state index contributed by atoms with van der Waals surface area (Å²) in [6.45, 7) is 4.68. The highest BCUT2D eigenvalue weighted by Crippen LogP contribution is 2.15. The molecule has 19 heavy (non-hydrogen) atoms. The minimum atomic E-state index is -0.150. The first-order valence-electron chi connectivity index (χ1n) is 6.29. The lowest BCUT2D eigenvalue weighted by Gasteiger charge is -2.10. The quantitative estimate of drug-likeness (QED) is 0.876. The molecule has 0 saturated carbocycles. The van der Waals surface area contributed by atoms with Crippen LogP contribution in [0.25, 0.3) is 0 Å². The van der Waals surface area contributed by atoms with E-state index >= 15 is 0 Å². The molecule has 0 aliphatic rings. The van der Waals surface area contributed by atoms with Gasteiger partial charge < -0.3 is 10.6 Å². The number of carbonyl (C=O) groups excluding carboxylic acids is 1. The number of anilines is 1. The van der Waals surface area contributed by atoms with Gasteiger partial charge in [-0.3, -0.25) is 0 Å². The lowest BCUT2D eigenvalue weighted by molar-refractivity contribution is 0.252. The third-order valence-corrected chi connectivity index (χ3v) is 3.80. The molecular weight excluding hydrogens is 256 g/mol. The largest absolute Gasteiger partial charge is 0.338 e. The average Bonchev–Trinajstić information content (AvgIpc) is 2.86. The lowest BCUT2D eigenvalue weighted by atomic mass is 10.1. The Labute approximate surface area is 117 Å². The van der Waals surface area contributed by atoms with Gasteiger partial charge in [0.25, 0.3) is 0 Å². The van der Waals surface area contributed by atoms with E-state index in [2.05, 4.69) is 22.8 Å². The molecule has 0 spiro atoms. The van der Waals surface area contributed by atoms with Crippen LogP contribution >= 0.6 is 11.3 Å². The van der Waals surface area contributed by atoms with Crippen LogP contribution in [0.15, 0.2) is 35.7 Å². The van der Waals surface area contributed by atoms with Gasteiger partial charge in [-0.05, 0) is 43.3 Å². The van der Waals surface area contributed by atoms with Crippen LogP contribution < -0.4 is 10.6 Å². The van der Waals surface area contributed by atoms with Gasteiger partial charge in [0.1, 0.15) is 0 Å². The molecule has 0 saturated heterocycles. The SMILES string of the molecule is Cc1ccc(NC(=O)NCCc2cccs2)c(C)c1. The molecule has 1 aromatic heterocycles. The van der Waals surface area contributed by atoms with Gasteiger partial charge >= 0.3 is 6.03 Å². The molecule has 1 aromatic carbocycles. The number of aryl methyl sites for hydroxylation is 2. The standard InChI is InChI=1S/C15H18N2OS/c1-11-5-6-14(12(2)10-11)17-15(18)16-8-7-13-4-3-9-19-13/h3-6,9-10H,7-8H2,1-2H3,(H2,16,17,18). The first-order chi connectivity index (χ1) is 9.15. The third kappa shape index (κ3) is 4.10. The first kappa shape index (κ1) is 13.6. The number of rotatable bonds is 4. The molecule has 0 fully saturated rings. The van der Waals surface area contributed by atoms with Crippen LogP contribution in [0.3, 0.4) is 0 Å². The Bertz CT molecular complexity index is 549. The summed E-state index contributed by atoms with van der Waals surface area (Å²) in [6, 6.07) is 9.94. The van der Waals surface area contributed by atoms with Gasteiger partial charge in [0.05, 0.1) is 0 Å². The molecule has 2 N–H and O–H groups in total. The Kier molecular flexibility index (Phi) is 4.58. The fraction of sp³-hybridized carbons (Fsp3) is 0.267. The molecule has 0 radical (unpaired) electrons. The van der Waals surface area contributed by atoms with E-state index in [0.29, 0.717) is 6.54 Å². The number of hydrogen-bond acceptors (Lipinski definition) is 2. The van der Waals surface area contributed by atoms with E-state index < -0.39 is 0 Å². The van der Waals surface area contributed by atoms with E-state index in [0.717, 1.165) is 17.7 Å². The number of urea groups is 1. The summed E-state index contributed by atoms with van der Waals surface area (Å²) in [5.74, 6) is 0. The second-order valence-electron chi connectivity index (χ2n) is 4.53. The van der Waals surface area contributed by atoms with Crippen molar-refractivity contribution in [3.8, 4) is 0 Å². The van der Waals surface area contributed by atoms with E-state index in [1.54, 1.807) is 11.3 Å². The van der Waals surface area contributed by atoms with Crippen molar-refractivity contribution in [2.75, 3.05) is 11.9 Å². The van der Waals surface area contributed by atoms with Gasteiger partial charge in [0.15, 0.2) is 0 Å². The van der Waals surface area contributed by atoms with Gasteiger partial charge in [0.2, 0.25) is 0 Å². The summed E-state index contributed by atoms with van der Waals surface area (Å²) in [5.41, 5.74) is 3.13. The number of nitrogens with one attached hydrogen (secondary N) is 2. The molecule has 0 atom stereocenters. The highest BCUT2D eigenvalue weighted by molar-refractivity contribution is 7.09. The molecule has 0 unspecified atom stereocenters. The number of carbonyl (C=O) groups is 1. The number of thiophene rings is 1. The Hall–Kier alpha value is -1.81. The van der Waals surface area contributed by atoms with Gasteiger partial charge in [-0.2, -0.15) is 0 Å². The molecule has 0 aliphatic heterocycles. The molecular formula is C15H18N2OS. The van der Waals surface area contributed by atoms with E-state index in [1.165, 1.54) is 10.4 Å². The highest BCUT2D eigenvalue weighted by Gasteiger charge is 2.04. The van der Waals surface area contributed by atoms with E-state index in [1.807, 2.05) is 37.4 Å². The van der Waals surface area contributed by atoms with Crippen molar-refractivity contribution in [3.05, 3.63) is 51.7 Å². The minimum Gasteiger partial charge on any atom is -0.338 e. The molecule has 0 aliphatic carbocycles. The van der Waals surface area contributed by atoms with Gasteiger partial charge in [-0.25, -0.2) is 4.79 Å². The fourth-order valence-corrected chi connectivity index (χ4v) is 2.58. The number of amides is 2. The molecule has 2 rings (SSSR count). The maximum Gasteiger partial charge on any atom is 0.319 e. The van der Waals surface area contributed by atoms with E-state index in [-0.39, 0.29) is 6.03 Å². The molecule has 4 heteroatoms. The molecule has 3 nitrogen and oxygen atoms in total. The summed E-state index contributed by atoms with van der Waals surface area (Å²) in [6.07, 6.45) is 0.873. The van der Waals surface area contributed by atoms with Crippen LogP contribution in [0.4, 0.5) is 10.5 Å². The second kappa shape index (κ2) is 6.38. The van der Waals surface area contributed by atoms with Crippen molar-refractivity contribution < 1.29 is 4.79 Å². The zero-order valence-corrected chi connectivity index (χ0v) is 12.0. The summed E-state index contributed by atoms with van der Waals surface area (Å²) < 4.78 is 0. The van der Waals surface area contributed by atoms with Crippen LogP contribution in [0.5, 0.6) is 0 Å². The smallest absolute Gasteiger partial charge is 0.319 e. The summed E-state index contributed by atoms with van der Waals surface area (Å²) >= 11 is 1.71. The van der Waals surface area contributed by atoms with Crippen molar-refractivity contribution in [1.82, 2.24) is 5.32 Å². The van der Waals surface area contributed by atoms with Gasteiger partial charge in [-0.1, -0.05) is 23.8 Å². The number of benzene rings is 1. The van der Waals surface area contributed by atoms with Crippen LogP contribution in [0, 0.1) is 13.8 Å². The van der Waals surface area contributed by atoms with Crippen molar-refractivity contribution >= 4 is 23.1 Å². The normalized spacial score (nSPS) is 10.2. The summed E-state index contributed by atoms with van der Waals surface area (Å²) in [7, 11) is 0. The Morgan fingerprint density at radius 3 is 2.79 bits per heavy atom. The molecule has 2 amide bonds. The van der Waals surface area contributed by atoms with Crippen molar-refractivity contribution in [1.29, 1.82) is 0 Å². The molecule has 100 valence electrons. The van der Waals surface area contributed by atoms with Crippen LogP contribution in [-0.4, -0.2) is 12.6 Å². The van der Waals surface area contributed by atoms with Crippen LogP contribution in [0.1, 0.15) is 16.0 Å². The predicted octanol–water partition coefficient (Wildman–Crippen LogP) is 3.73. The number of hydrogen-bond donors (Lipinski definition) is 2. The second-order valence-corrected chi connectivity index (χ2v) is 5.56. The molecule has 2 aromatic rings. The average molecular weight is 274 g/mol. The van der Waals surface area contributed by atoms with Gasteiger partial charge in [-0.15, -0.1) is 11.3 Å². The molecule has 0 bridgehead atoms. The first-order valence-corrected chi connectivity index (χ1v) is 7.17. The summed E-state index contributed by atoms with van der Waals surface area (Å²) in [5, 5.41) is 7.79. The Balaban J connectivity index is 1.80. The van der Waals surface area contributed by atoms with Crippen LogP contribution in [-0.2, 0) is 6.42 Å². The van der Waals surface area contributed by atoms with Gasteiger partial charge in [0, 0.05) is 17.1 Å². The summed E-state index contributed by atoms with van der Waals surface area (Å²) in [4.78, 5) is 13.0. The lowest BCUT2D eigenvalue weighted by Crippen LogP contribution is -2.30. The highest BCUT2D eigenvalue weighted by atomic mass is 32.1. The van der Waals surface area contributed by atoms with Crippen molar-refractivity contribution in [2.24, 2.45) is 0 Å². The van der Waals surface area contributed by atoms with Crippen LogP contribution in [0.2, 0.25) is 0 Å².